The summed E-state index contributed by atoms with van der Waals surface area (Å²) in [5.41, 5.74) is 5.84. The smallest absolute Gasteiger partial charge is 0.394 e. The number of pyridine rings is 1. The minimum absolute atomic E-state index is 0.0494. The van der Waals surface area contributed by atoms with Crippen LogP contribution >= 0.6 is 11.3 Å². The van der Waals surface area contributed by atoms with E-state index >= 15 is 0 Å². The van der Waals surface area contributed by atoms with Crippen molar-refractivity contribution in [2.45, 2.75) is 33.5 Å². The zero-order chi connectivity index (χ0) is 19.9. The number of anilines is 1. The van der Waals surface area contributed by atoms with Gasteiger partial charge in [-0.05, 0) is 44.5 Å². The van der Waals surface area contributed by atoms with E-state index in [1.165, 1.54) is 15.9 Å². The Kier molecular flexibility index (Phi) is 4.86. The van der Waals surface area contributed by atoms with Crippen LogP contribution in [0, 0.1) is 20.8 Å². The van der Waals surface area contributed by atoms with E-state index in [4.69, 9.17) is 5.73 Å². The maximum atomic E-state index is 13.4. The fraction of sp³-hybridized carbons (Fsp3) is 0.263. The predicted molar refractivity (Wildman–Crippen MR) is 101 cm³/mol. The third-order valence-corrected chi connectivity index (χ3v) is 4.97. The van der Waals surface area contributed by atoms with Gasteiger partial charge in [-0.15, -0.1) is 11.3 Å². The summed E-state index contributed by atoms with van der Waals surface area (Å²) >= 11 is 1.41. The maximum absolute atomic E-state index is 13.4. The molecule has 0 bridgehead atoms. The number of nitrogen functional groups attached to an aromatic ring is 1. The highest BCUT2D eigenvalue weighted by Crippen LogP contribution is 2.35. The minimum atomic E-state index is -4.72. The van der Waals surface area contributed by atoms with Crippen molar-refractivity contribution < 1.29 is 13.2 Å². The molecule has 3 aromatic rings. The minimum Gasteiger partial charge on any atom is -0.394 e. The number of aryl methyl sites for hydroxylation is 3. The molecule has 27 heavy (non-hydrogen) atoms. The predicted octanol–water partition coefficient (Wildman–Crippen LogP) is 4.55. The maximum Gasteiger partial charge on any atom is 0.418 e. The van der Waals surface area contributed by atoms with Gasteiger partial charge >= 0.3 is 6.18 Å². The number of rotatable bonds is 3. The number of benzene rings is 1. The van der Waals surface area contributed by atoms with E-state index in [1.54, 1.807) is 17.5 Å². The van der Waals surface area contributed by atoms with E-state index in [2.05, 4.69) is 4.98 Å². The van der Waals surface area contributed by atoms with Gasteiger partial charge in [-0.2, -0.15) is 13.2 Å². The molecule has 0 unspecified atom stereocenters. The molecule has 0 amide bonds. The molecule has 8 heteroatoms. The number of alkyl halides is 3. The summed E-state index contributed by atoms with van der Waals surface area (Å²) in [5.74, 6) is 0. The first-order valence-electron chi connectivity index (χ1n) is 8.16. The molecule has 142 valence electrons. The fourth-order valence-electron chi connectivity index (χ4n) is 3.06. The molecule has 0 fully saturated rings. The second-order valence-electron chi connectivity index (χ2n) is 6.48. The molecular weight excluding hydrogens is 375 g/mol. The van der Waals surface area contributed by atoms with E-state index < -0.39 is 23.0 Å². The van der Waals surface area contributed by atoms with Gasteiger partial charge < -0.3 is 10.3 Å². The number of halogens is 3. The average Bonchev–Trinajstić information content (AvgIpc) is 2.95. The van der Waals surface area contributed by atoms with Crippen molar-refractivity contribution in [1.82, 2.24) is 9.55 Å². The zero-order valence-electron chi connectivity index (χ0n) is 15.0. The average molecular weight is 393 g/mol. The van der Waals surface area contributed by atoms with Gasteiger partial charge in [-0.25, -0.2) is 4.98 Å². The molecule has 0 radical (unpaired) electrons. The Labute approximate surface area is 158 Å². The number of nitrogens with two attached hydrogens (primary N) is 1. The highest BCUT2D eigenvalue weighted by molar-refractivity contribution is 7.09. The molecule has 0 saturated carbocycles. The zero-order valence-corrected chi connectivity index (χ0v) is 15.8. The normalized spacial score (nSPS) is 11.8. The van der Waals surface area contributed by atoms with Gasteiger partial charge in [-0.3, -0.25) is 4.79 Å². The quantitative estimate of drug-likeness (QED) is 0.710. The first kappa shape index (κ1) is 19.2. The lowest BCUT2D eigenvalue weighted by molar-refractivity contribution is -0.137. The largest absolute Gasteiger partial charge is 0.418 e. The molecule has 2 aromatic heterocycles. The lowest BCUT2D eigenvalue weighted by Crippen LogP contribution is -2.28. The topological polar surface area (TPSA) is 60.9 Å². The van der Waals surface area contributed by atoms with Gasteiger partial charge in [-0.1, -0.05) is 17.2 Å². The number of hydrogen-bond donors (Lipinski definition) is 1. The summed E-state index contributed by atoms with van der Waals surface area (Å²) in [4.78, 5) is 17.0. The molecule has 0 atom stereocenters. The van der Waals surface area contributed by atoms with Crippen LogP contribution in [-0.4, -0.2) is 9.55 Å². The van der Waals surface area contributed by atoms with Gasteiger partial charge in [0, 0.05) is 5.38 Å². The Hall–Kier alpha value is -2.61. The standard InChI is InChI=1S/C19H18F3N3OS/c1-10-4-11(2)6-13(5-10)16-7-15(19(20,21)22)17(23)18(26)25(16)8-14-9-27-12(3)24-14/h4-7,9H,8,23H2,1-3H3. The van der Waals surface area contributed by atoms with Gasteiger partial charge in [0.1, 0.15) is 5.69 Å². The molecule has 2 heterocycles. The van der Waals surface area contributed by atoms with Crippen molar-refractivity contribution in [2.75, 3.05) is 5.73 Å². The van der Waals surface area contributed by atoms with Crippen LogP contribution < -0.4 is 11.3 Å². The Morgan fingerprint density at radius 2 is 1.74 bits per heavy atom. The number of hydrogen-bond acceptors (Lipinski definition) is 4. The van der Waals surface area contributed by atoms with Gasteiger partial charge in [0.2, 0.25) is 0 Å². The lowest BCUT2D eigenvalue weighted by atomic mass is 10.0. The van der Waals surface area contributed by atoms with Gasteiger partial charge in [0.15, 0.2) is 0 Å². The summed E-state index contributed by atoms with van der Waals surface area (Å²) < 4.78 is 41.5. The Morgan fingerprint density at radius 3 is 2.26 bits per heavy atom. The van der Waals surface area contributed by atoms with E-state index in [0.29, 0.717) is 11.3 Å². The molecule has 0 saturated heterocycles. The van der Waals surface area contributed by atoms with Crippen LogP contribution in [0.25, 0.3) is 11.3 Å². The van der Waals surface area contributed by atoms with Crippen LogP contribution in [0.4, 0.5) is 18.9 Å². The summed E-state index contributed by atoms with van der Waals surface area (Å²) in [6.45, 7) is 5.58. The summed E-state index contributed by atoms with van der Waals surface area (Å²) in [6.07, 6.45) is -4.72. The number of thiazole rings is 1. The highest BCUT2D eigenvalue weighted by atomic mass is 32.1. The molecule has 1 aromatic carbocycles. The highest BCUT2D eigenvalue weighted by Gasteiger charge is 2.35. The first-order chi connectivity index (χ1) is 12.6. The molecule has 0 aliphatic heterocycles. The molecule has 3 rings (SSSR count). The second-order valence-corrected chi connectivity index (χ2v) is 7.54. The van der Waals surface area contributed by atoms with E-state index in [0.717, 1.165) is 22.2 Å². The summed E-state index contributed by atoms with van der Waals surface area (Å²) in [7, 11) is 0. The third-order valence-electron chi connectivity index (χ3n) is 4.15. The van der Waals surface area contributed by atoms with E-state index in [1.807, 2.05) is 26.8 Å². The number of aromatic nitrogens is 2. The Morgan fingerprint density at radius 1 is 1.11 bits per heavy atom. The molecule has 0 aliphatic rings. The Bertz CT molecular complexity index is 1050. The van der Waals surface area contributed by atoms with Crippen LogP contribution in [0.2, 0.25) is 0 Å². The van der Waals surface area contributed by atoms with Crippen LogP contribution in [0.1, 0.15) is 27.4 Å². The van der Waals surface area contributed by atoms with Crippen molar-refractivity contribution in [1.29, 1.82) is 0 Å². The first-order valence-corrected chi connectivity index (χ1v) is 9.04. The van der Waals surface area contributed by atoms with Crippen LogP contribution in [0.3, 0.4) is 0 Å². The monoisotopic (exact) mass is 393 g/mol. The van der Waals surface area contributed by atoms with E-state index in [-0.39, 0.29) is 12.2 Å². The van der Waals surface area contributed by atoms with Gasteiger partial charge in [0.05, 0.1) is 28.5 Å². The fourth-order valence-corrected chi connectivity index (χ4v) is 3.66. The summed E-state index contributed by atoms with van der Waals surface area (Å²) in [6, 6.07) is 6.36. The van der Waals surface area contributed by atoms with Crippen molar-refractivity contribution in [3.63, 3.8) is 0 Å². The van der Waals surface area contributed by atoms with Crippen molar-refractivity contribution in [2.24, 2.45) is 0 Å². The van der Waals surface area contributed by atoms with Crippen molar-refractivity contribution >= 4 is 17.0 Å². The van der Waals surface area contributed by atoms with Crippen molar-refractivity contribution in [3.05, 3.63) is 67.4 Å². The molecule has 0 aliphatic carbocycles. The Balaban J connectivity index is 2.30. The third kappa shape index (κ3) is 3.90. The van der Waals surface area contributed by atoms with Crippen LogP contribution in [0.15, 0.2) is 34.4 Å². The van der Waals surface area contributed by atoms with Gasteiger partial charge in [0.25, 0.3) is 5.56 Å². The van der Waals surface area contributed by atoms with Crippen molar-refractivity contribution in [3.8, 4) is 11.3 Å². The molecule has 2 N–H and O–H groups in total. The molecular formula is C19H18F3N3OS. The SMILES string of the molecule is Cc1cc(C)cc(-c2cc(C(F)(F)F)c(N)c(=O)n2Cc2csc(C)n2)c1. The van der Waals surface area contributed by atoms with Crippen LogP contribution in [0.5, 0.6) is 0 Å². The van der Waals surface area contributed by atoms with Crippen LogP contribution in [-0.2, 0) is 12.7 Å². The second kappa shape index (κ2) is 6.84. The molecule has 4 nitrogen and oxygen atoms in total. The molecule has 0 spiro atoms. The van der Waals surface area contributed by atoms with E-state index in [9.17, 15) is 18.0 Å². The number of nitrogens with zero attached hydrogens (tertiary/aromatic N) is 2. The lowest BCUT2D eigenvalue weighted by Gasteiger charge is -2.18. The summed E-state index contributed by atoms with van der Waals surface area (Å²) in [5, 5.41) is 2.59.